The van der Waals surface area contributed by atoms with Crippen LogP contribution in [0, 0.1) is 0 Å². The fourth-order valence-corrected chi connectivity index (χ4v) is 1.53. The maximum atomic E-state index is 11.5. The SMILES string of the molecule is O=C(NCCn1cnc(C(=O)O)c1)NCc1ccoc1. The lowest BCUT2D eigenvalue weighted by Gasteiger charge is -2.06. The first kappa shape index (κ1) is 13.7. The van der Waals surface area contributed by atoms with Gasteiger partial charge in [-0.2, -0.15) is 0 Å². The van der Waals surface area contributed by atoms with Crippen LogP contribution in [0.3, 0.4) is 0 Å². The zero-order chi connectivity index (χ0) is 14.4. The molecule has 0 bridgehead atoms. The summed E-state index contributed by atoms with van der Waals surface area (Å²) in [6.07, 6.45) is 5.91. The van der Waals surface area contributed by atoms with E-state index in [1.807, 2.05) is 0 Å². The molecule has 20 heavy (non-hydrogen) atoms. The van der Waals surface area contributed by atoms with Gasteiger partial charge < -0.3 is 24.7 Å². The van der Waals surface area contributed by atoms with Crippen LogP contribution in [-0.2, 0) is 13.1 Å². The molecule has 2 aromatic heterocycles. The van der Waals surface area contributed by atoms with E-state index in [0.717, 1.165) is 5.56 Å². The molecule has 0 spiro atoms. The third-order valence-corrected chi connectivity index (χ3v) is 2.54. The van der Waals surface area contributed by atoms with Crippen LogP contribution in [0.15, 0.2) is 35.5 Å². The van der Waals surface area contributed by atoms with Crippen LogP contribution in [-0.4, -0.2) is 33.2 Å². The van der Waals surface area contributed by atoms with Crippen molar-refractivity contribution in [2.24, 2.45) is 0 Å². The van der Waals surface area contributed by atoms with Gasteiger partial charge in [-0.3, -0.25) is 0 Å². The summed E-state index contributed by atoms with van der Waals surface area (Å²) in [5.41, 5.74) is 0.857. The summed E-state index contributed by atoms with van der Waals surface area (Å²) in [5, 5.41) is 14.0. The normalized spacial score (nSPS) is 10.2. The van der Waals surface area contributed by atoms with Crippen molar-refractivity contribution in [2.75, 3.05) is 6.54 Å². The van der Waals surface area contributed by atoms with Crippen LogP contribution in [0.5, 0.6) is 0 Å². The molecule has 0 radical (unpaired) electrons. The minimum absolute atomic E-state index is 0.0191. The van der Waals surface area contributed by atoms with Crippen molar-refractivity contribution in [2.45, 2.75) is 13.1 Å². The number of furan rings is 1. The van der Waals surface area contributed by atoms with Crippen molar-refractivity contribution >= 4 is 12.0 Å². The molecular formula is C12H14N4O4. The molecule has 2 heterocycles. The van der Waals surface area contributed by atoms with Crippen molar-refractivity contribution in [3.8, 4) is 0 Å². The molecular weight excluding hydrogens is 264 g/mol. The number of urea groups is 1. The van der Waals surface area contributed by atoms with Gasteiger partial charge in [-0.05, 0) is 6.07 Å². The average molecular weight is 278 g/mol. The number of imidazole rings is 1. The highest BCUT2D eigenvalue weighted by Gasteiger charge is 2.06. The molecule has 2 rings (SSSR count). The van der Waals surface area contributed by atoms with E-state index in [0.29, 0.717) is 19.6 Å². The molecule has 0 aromatic carbocycles. The maximum Gasteiger partial charge on any atom is 0.356 e. The quantitative estimate of drug-likeness (QED) is 0.719. The highest BCUT2D eigenvalue weighted by atomic mass is 16.4. The van der Waals surface area contributed by atoms with Crippen molar-refractivity contribution in [3.05, 3.63) is 42.4 Å². The molecule has 3 N–H and O–H groups in total. The van der Waals surface area contributed by atoms with Gasteiger partial charge in [0.25, 0.3) is 0 Å². The highest BCUT2D eigenvalue weighted by molar-refractivity contribution is 5.84. The Labute approximate surface area is 114 Å². The summed E-state index contributed by atoms with van der Waals surface area (Å²) >= 11 is 0. The molecule has 2 amide bonds. The second-order valence-corrected chi connectivity index (χ2v) is 4.04. The third kappa shape index (κ3) is 3.87. The molecule has 2 aromatic rings. The van der Waals surface area contributed by atoms with Crippen LogP contribution in [0.4, 0.5) is 4.79 Å². The van der Waals surface area contributed by atoms with E-state index in [9.17, 15) is 9.59 Å². The Morgan fingerprint density at radius 1 is 1.40 bits per heavy atom. The zero-order valence-corrected chi connectivity index (χ0v) is 10.6. The molecule has 0 aliphatic carbocycles. The van der Waals surface area contributed by atoms with Gasteiger partial charge in [0.05, 0.1) is 18.9 Å². The summed E-state index contributed by atoms with van der Waals surface area (Å²) < 4.78 is 6.47. The second-order valence-electron chi connectivity index (χ2n) is 4.04. The zero-order valence-electron chi connectivity index (χ0n) is 10.6. The van der Waals surface area contributed by atoms with Gasteiger partial charge in [0.2, 0.25) is 0 Å². The van der Waals surface area contributed by atoms with Gasteiger partial charge in [-0.1, -0.05) is 0 Å². The van der Waals surface area contributed by atoms with Crippen LogP contribution in [0.1, 0.15) is 16.1 Å². The Balaban J connectivity index is 1.67. The molecule has 0 aliphatic rings. The summed E-state index contributed by atoms with van der Waals surface area (Å²) in [5.74, 6) is -1.07. The Morgan fingerprint density at radius 3 is 2.90 bits per heavy atom. The van der Waals surface area contributed by atoms with E-state index in [4.69, 9.17) is 9.52 Å². The van der Waals surface area contributed by atoms with Gasteiger partial charge in [-0.15, -0.1) is 0 Å². The first-order valence-electron chi connectivity index (χ1n) is 5.93. The van der Waals surface area contributed by atoms with Gasteiger partial charge >= 0.3 is 12.0 Å². The van der Waals surface area contributed by atoms with Crippen LogP contribution in [0.25, 0.3) is 0 Å². The number of amides is 2. The number of rotatable bonds is 6. The van der Waals surface area contributed by atoms with Gasteiger partial charge in [0, 0.05) is 31.4 Å². The van der Waals surface area contributed by atoms with E-state index in [1.54, 1.807) is 16.9 Å². The third-order valence-electron chi connectivity index (χ3n) is 2.54. The van der Waals surface area contributed by atoms with Crippen molar-refractivity contribution in [1.82, 2.24) is 20.2 Å². The molecule has 8 nitrogen and oxygen atoms in total. The van der Waals surface area contributed by atoms with Crippen LogP contribution >= 0.6 is 0 Å². The van der Waals surface area contributed by atoms with E-state index < -0.39 is 5.97 Å². The lowest BCUT2D eigenvalue weighted by atomic mass is 10.3. The lowest BCUT2D eigenvalue weighted by molar-refractivity contribution is 0.0691. The first-order valence-corrected chi connectivity index (χ1v) is 5.93. The molecule has 0 saturated carbocycles. The Hall–Kier alpha value is -2.77. The number of aromatic nitrogens is 2. The van der Waals surface area contributed by atoms with Gasteiger partial charge in [0.15, 0.2) is 5.69 Å². The Bertz CT molecular complexity index is 576. The number of carbonyl (C=O) groups is 2. The Kier molecular flexibility index (Phi) is 4.38. The second kappa shape index (κ2) is 6.41. The number of carbonyl (C=O) groups excluding carboxylic acids is 1. The first-order chi connectivity index (χ1) is 9.65. The van der Waals surface area contributed by atoms with Gasteiger partial charge in [0.1, 0.15) is 0 Å². The largest absolute Gasteiger partial charge is 0.476 e. The standard InChI is InChI=1S/C12H14N4O4/c17-11(18)10-6-16(8-15-10)3-2-13-12(19)14-5-9-1-4-20-7-9/h1,4,6-8H,2-3,5H2,(H,17,18)(H2,13,14,19). The van der Waals surface area contributed by atoms with Crippen molar-refractivity contribution in [3.63, 3.8) is 0 Å². The number of carboxylic acid groups (broad SMARTS) is 1. The van der Waals surface area contributed by atoms with Crippen LogP contribution in [0.2, 0.25) is 0 Å². The molecule has 0 unspecified atom stereocenters. The van der Waals surface area contributed by atoms with E-state index in [1.165, 1.54) is 18.8 Å². The fraction of sp³-hybridized carbons (Fsp3) is 0.250. The van der Waals surface area contributed by atoms with E-state index in [2.05, 4.69) is 15.6 Å². The topological polar surface area (TPSA) is 109 Å². The minimum Gasteiger partial charge on any atom is -0.476 e. The van der Waals surface area contributed by atoms with Gasteiger partial charge in [-0.25, -0.2) is 14.6 Å². The van der Waals surface area contributed by atoms with Crippen LogP contribution < -0.4 is 10.6 Å². The molecule has 0 aliphatic heterocycles. The number of carboxylic acids is 1. The Morgan fingerprint density at radius 2 is 2.25 bits per heavy atom. The number of hydrogen-bond donors (Lipinski definition) is 3. The summed E-state index contributed by atoms with van der Waals surface area (Å²) in [6, 6.07) is 1.46. The van der Waals surface area contributed by atoms with Crippen molar-refractivity contribution in [1.29, 1.82) is 0 Å². The molecule has 0 saturated heterocycles. The average Bonchev–Trinajstić information content (AvgIpc) is 3.07. The number of hydrogen-bond acceptors (Lipinski definition) is 4. The van der Waals surface area contributed by atoms with E-state index in [-0.39, 0.29) is 11.7 Å². The predicted molar refractivity (Wildman–Crippen MR) is 68.1 cm³/mol. The monoisotopic (exact) mass is 278 g/mol. The summed E-state index contributed by atoms with van der Waals surface area (Å²) in [7, 11) is 0. The fourth-order valence-electron chi connectivity index (χ4n) is 1.53. The minimum atomic E-state index is -1.07. The number of aromatic carboxylic acids is 1. The smallest absolute Gasteiger partial charge is 0.356 e. The summed E-state index contributed by atoms with van der Waals surface area (Å²) in [4.78, 5) is 25.8. The van der Waals surface area contributed by atoms with Crippen molar-refractivity contribution < 1.29 is 19.1 Å². The highest BCUT2D eigenvalue weighted by Crippen LogP contribution is 1.98. The molecule has 106 valence electrons. The number of nitrogens with one attached hydrogen (secondary N) is 2. The lowest BCUT2D eigenvalue weighted by Crippen LogP contribution is -2.36. The van der Waals surface area contributed by atoms with E-state index >= 15 is 0 Å². The molecule has 0 atom stereocenters. The molecule has 0 fully saturated rings. The number of nitrogens with zero attached hydrogens (tertiary/aromatic N) is 2. The maximum absolute atomic E-state index is 11.5. The summed E-state index contributed by atoms with van der Waals surface area (Å²) in [6.45, 7) is 1.20. The predicted octanol–water partition coefficient (Wildman–Crippen LogP) is 0.674. The molecule has 8 heteroatoms.